The minimum absolute atomic E-state index is 0.174. The molecule has 5 rings (SSSR count). The molecule has 0 spiro atoms. The maximum absolute atomic E-state index is 9.66. The van der Waals surface area contributed by atoms with Gasteiger partial charge in [-0.05, 0) is 137 Å². The maximum Gasteiger partial charge on any atom is 0.148 e. The molecule has 0 aliphatic rings. The summed E-state index contributed by atoms with van der Waals surface area (Å²) in [6.45, 7) is 17.3. The van der Waals surface area contributed by atoms with Gasteiger partial charge in [-0.15, -0.1) is 10.2 Å². The lowest BCUT2D eigenvalue weighted by Gasteiger charge is -2.22. The molecule has 7 heteroatoms. The first-order valence-corrected chi connectivity index (χ1v) is 13.0. The van der Waals surface area contributed by atoms with Gasteiger partial charge in [-0.1, -0.05) is 22.6 Å². The molecule has 2 aromatic heterocycles. The molecule has 0 fully saturated rings. The van der Waals surface area contributed by atoms with E-state index in [0.29, 0.717) is 0 Å². The van der Waals surface area contributed by atoms with E-state index in [1.54, 1.807) is 12.1 Å². The molecule has 2 heterocycles. The van der Waals surface area contributed by atoms with Gasteiger partial charge in [0.2, 0.25) is 0 Å². The van der Waals surface area contributed by atoms with Crippen LogP contribution in [0.4, 0.5) is 0 Å². The number of benzene rings is 3. The van der Waals surface area contributed by atoms with Crippen LogP contribution in [0.25, 0.3) is 22.1 Å². The number of hydrogen-bond donors (Lipinski definition) is 1. The van der Waals surface area contributed by atoms with Crippen molar-refractivity contribution in [2.45, 2.75) is 80.8 Å². The van der Waals surface area contributed by atoms with Gasteiger partial charge >= 0.3 is 0 Å². The van der Waals surface area contributed by atoms with Gasteiger partial charge in [-0.2, -0.15) is 0 Å². The summed E-state index contributed by atoms with van der Waals surface area (Å²) < 4.78 is 4.14. The van der Waals surface area contributed by atoms with E-state index in [1.807, 2.05) is 12.1 Å². The van der Waals surface area contributed by atoms with E-state index in [0.717, 1.165) is 41.3 Å². The van der Waals surface area contributed by atoms with Crippen molar-refractivity contribution in [1.29, 1.82) is 0 Å². The van der Waals surface area contributed by atoms with Gasteiger partial charge in [0.15, 0.2) is 0 Å². The Morgan fingerprint density at radius 1 is 0.622 bits per heavy atom. The first kappa shape index (κ1) is 24.9. The highest BCUT2D eigenvalue weighted by Crippen LogP contribution is 2.34. The number of aryl methyl sites for hydroxylation is 5. The van der Waals surface area contributed by atoms with Crippen LogP contribution in [0.15, 0.2) is 24.3 Å². The SMILES string of the molecule is Cc1c(C)c(C)c2c(nnn2C(CCCc2ccc(O)cc2)n2nnc3c(C)c(C)c(C)c(C)c32)c1C. The Bertz CT molecular complexity index is 1540. The van der Waals surface area contributed by atoms with Crippen LogP contribution in [0.5, 0.6) is 5.75 Å². The molecule has 37 heavy (non-hydrogen) atoms. The van der Waals surface area contributed by atoms with Crippen LogP contribution in [-0.4, -0.2) is 35.1 Å². The molecule has 0 bridgehead atoms. The number of hydrogen-bond acceptors (Lipinski definition) is 5. The van der Waals surface area contributed by atoms with Gasteiger partial charge < -0.3 is 5.11 Å². The third-order valence-electron chi connectivity index (χ3n) is 8.61. The molecule has 0 aliphatic carbocycles. The highest BCUT2D eigenvalue weighted by molar-refractivity contribution is 5.86. The van der Waals surface area contributed by atoms with E-state index in [9.17, 15) is 5.11 Å². The van der Waals surface area contributed by atoms with Crippen LogP contribution in [0.2, 0.25) is 0 Å². The first-order chi connectivity index (χ1) is 17.6. The van der Waals surface area contributed by atoms with Gasteiger partial charge in [-0.25, -0.2) is 9.36 Å². The number of aromatic nitrogens is 6. The predicted molar refractivity (Wildman–Crippen MR) is 148 cm³/mol. The van der Waals surface area contributed by atoms with Crippen LogP contribution in [-0.2, 0) is 6.42 Å². The molecule has 5 aromatic rings. The summed E-state index contributed by atoms with van der Waals surface area (Å²) in [4.78, 5) is 0. The summed E-state index contributed by atoms with van der Waals surface area (Å²) in [7, 11) is 0. The third-order valence-corrected chi connectivity index (χ3v) is 8.61. The molecule has 7 nitrogen and oxygen atoms in total. The number of fused-ring (bicyclic) bond motifs is 2. The van der Waals surface area contributed by atoms with Crippen molar-refractivity contribution in [3.8, 4) is 5.75 Å². The van der Waals surface area contributed by atoms with Gasteiger partial charge in [0.1, 0.15) is 22.9 Å². The third kappa shape index (κ3) is 3.97. The van der Waals surface area contributed by atoms with E-state index >= 15 is 0 Å². The molecular formula is C30H36N6O. The molecule has 0 atom stereocenters. The lowest BCUT2D eigenvalue weighted by molar-refractivity contribution is 0.335. The lowest BCUT2D eigenvalue weighted by atomic mass is 9.96. The summed E-state index contributed by atoms with van der Waals surface area (Å²) in [5, 5.41) is 28.5. The Balaban J connectivity index is 1.68. The van der Waals surface area contributed by atoms with Crippen molar-refractivity contribution in [3.05, 3.63) is 74.3 Å². The molecule has 0 aliphatic heterocycles. The summed E-state index contributed by atoms with van der Waals surface area (Å²) in [6.07, 6.45) is 2.45. The molecule has 192 valence electrons. The predicted octanol–water partition coefficient (Wildman–Crippen LogP) is 6.42. The standard InChI is InChI=1S/C30H36N6O/c1-16-18(3)22(7)29-27(20(16)5)31-33-35(29)26(11-9-10-24-12-14-25(37)15-13-24)36-30-23(8)19(4)17(2)21(6)28(30)32-34-36/h12-15,26,37H,9-11H2,1-8H3. The van der Waals surface area contributed by atoms with E-state index in [2.05, 4.69) is 75.0 Å². The quantitative estimate of drug-likeness (QED) is 0.293. The zero-order chi connectivity index (χ0) is 26.6. The van der Waals surface area contributed by atoms with E-state index in [-0.39, 0.29) is 11.9 Å². The second kappa shape index (κ2) is 9.29. The van der Waals surface area contributed by atoms with E-state index in [4.69, 9.17) is 10.4 Å². The Morgan fingerprint density at radius 2 is 1.05 bits per heavy atom. The van der Waals surface area contributed by atoms with Gasteiger partial charge in [0.05, 0.1) is 11.0 Å². The van der Waals surface area contributed by atoms with E-state index < -0.39 is 0 Å². The van der Waals surface area contributed by atoms with Crippen molar-refractivity contribution in [3.63, 3.8) is 0 Å². The van der Waals surface area contributed by atoms with E-state index in [1.165, 1.54) is 50.1 Å². The zero-order valence-corrected chi connectivity index (χ0v) is 23.1. The van der Waals surface area contributed by atoms with Crippen molar-refractivity contribution in [2.75, 3.05) is 0 Å². The molecular weight excluding hydrogens is 460 g/mol. The number of phenolic OH excluding ortho intramolecular Hbond substituents is 1. The molecule has 0 saturated heterocycles. The van der Waals surface area contributed by atoms with Crippen molar-refractivity contribution >= 4 is 22.1 Å². The average molecular weight is 497 g/mol. The van der Waals surface area contributed by atoms with Crippen LogP contribution in [0.1, 0.15) is 69.1 Å². The van der Waals surface area contributed by atoms with Crippen molar-refractivity contribution < 1.29 is 5.11 Å². The highest BCUT2D eigenvalue weighted by atomic mass is 16.3. The fraction of sp³-hybridized carbons (Fsp3) is 0.400. The van der Waals surface area contributed by atoms with Crippen LogP contribution >= 0.6 is 0 Å². The fourth-order valence-corrected chi connectivity index (χ4v) is 5.54. The Labute approximate surface area is 218 Å². The smallest absolute Gasteiger partial charge is 0.148 e. The highest BCUT2D eigenvalue weighted by Gasteiger charge is 2.26. The Kier molecular flexibility index (Phi) is 6.26. The van der Waals surface area contributed by atoms with Gasteiger partial charge in [-0.3, -0.25) is 0 Å². The van der Waals surface area contributed by atoms with Gasteiger partial charge in [0.25, 0.3) is 0 Å². The summed E-state index contributed by atoms with van der Waals surface area (Å²) >= 11 is 0. The number of nitrogens with zero attached hydrogens (tertiary/aromatic N) is 6. The average Bonchev–Trinajstić information content (AvgIpc) is 3.53. The zero-order valence-electron chi connectivity index (χ0n) is 23.1. The Morgan fingerprint density at radius 3 is 1.51 bits per heavy atom. The molecule has 0 saturated carbocycles. The first-order valence-electron chi connectivity index (χ1n) is 13.0. The second-order valence-electron chi connectivity index (χ2n) is 10.5. The van der Waals surface area contributed by atoms with Crippen molar-refractivity contribution in [1.82, 2.24) is 30.0 Å². The minimum atomic E-state index is -0.174. The molecule has 3 aromatic carbocycles. The van der Waals surface area contributed by atoms with Crippen LogP contribution in [0.3, 0.4) is 0 Å². The molecule has 0 unspecified atom stereocenters. The molecule has 1 N–H and O–H groups in total. The summed E-state index contributed by atoms with van der Waals surface area (Å²) in [5.74, 6) is 0.290. The Hall–Kier alpha value is -3.74. The largest absolute Gasteiger partial charge is 0.508 e. The fourth-order valence-electron chi connectivity index (χ4n) is 5.54. The minimum Gasteiger partial charge on any atom is -0.508 e. The van der Waals surface area contributed by atoms with Crippen molar-refractivity contribution in [2.24, 2.45) is 0 Å². The normalized spacial score (nSPS) is 11.9. The molecule has 0 radical (unpaired) electrons. The summed E-state index contributed by atoms with van der Waals surface area (Å²) in [5.41, 5.74) is 15.1. The monoisotopic (exact) mass is 496 g/mol. The topological polar surface area (TPSA) is 81.6 Å². The maximum atomic E-state index is 9.66. The number of phenols is 1. The number of aromatic hydroxyl groups is 1. The van der Waals surface area contributed by atoms with Gasteiger partial charge in [0, 0.05) is 0 Å². The lowest BCUT2D eigenvalue weighted by Crippen LogP contribution is -2.22. The van der Waals surface area contributed by atoms with Crippen LogP contribution in [0, 0.1) is 55.4 Å². The number of rotatable bonds is 6. The second-order valence-corrected chi connectivity index (χ2v) is 10.5. The summed E-state index contributed by atoms with van der Waals surface area (Å²) in [6, 6.07) is 7.47. The molecule has 0 amide bonds. The van der Waals surface area contributed by atoms with Crippen LogP contribution < -0.4 is 0 Å².